The third kappa shape index (κ3) is 3.64. The Kier molecular flexibility index (Phi) is 3.99. The van der Waals surface area contributed by atoms with Crippen LogP contribution in [0.15, 0.2) is 12.3 Å². The Morgan fingerprint density at radius 1 is 1.58 bits per heavy atom. The lowest BCUT2D eigenvalue weighted by atomic mass is 10.1. The van der Waals surface area contributed by atoms with E-state index in [9.17, 15) is 4.79 Å². The molecule has 1 aliphatic heterocycles. The zero-order chi connectivity index (χ0) is 13.9. The van der Waals surface area contributed by atoms with Gasteiger partial charge in [-0.25, -0.2) is 14.8 Å². The molecule has 1 saturated heterocycles. The smallest absolute Gasteiger partial charge is 0.330 e. The van der Waals surface area contributed by atoms with Gasteiger partial charge in [-0.1, -0.05) is 0 Å². The standard InChI is InChI=1S/C13H19N4O2/c1-13(2,3)19-12(18)10-8-14-6-7-17(10)11-4-5-15-9-16-11/h4-5,10,14H,6-8H2,1-3H3. The number of carbonyl (C=O) groups excluding carboxylic acids is 1. The molecule has 1 fully saturated rings. The van der Waals surface area contributed by atoms with Gasteiger partial charge in [-0.15, -0.1) is 0 Å². The van der Waals surface area contributed by atoms with Gasteiger partial charge in [0.2, 0.25) is 0 Å². The molecule has 1 aromatic rings. The van der Waals surface area contributed by atoms with Gasteiger partial charge in [-0.2, -0.15) is 0 Å². The largest absolute Gasteiger partial charge is 0.458 e. The van der Waals surface area contributed by atoms with Gasteiger partial charge >= 0.3 is 5.97 Å². The first-order valence-electron chi connectivity index (χ1n) is 6.37. The van der Waals surface area contributed by atoms with Gasteiger partial charge in [0.15, 0.2) is 6.33 Å². The van der Waals surface area contributed by atoms with Gasteiger partial charge < -0.3 is 15.0 Å². The summed E-state index contributed by atoms with van der Waals surface area (Å²) < 4.78 is 5.45. The highest BCUT2D eigenvalue weighted by Gasteiger charge is 2.33. The fourth-order valence-corrected chi connectivity index (χ4v) is 1.97. The number of hydrogen-bond donors (Lipinski definition) is 1. The molecular formula is C13H19N4O2. The van der Waals surface area contributed by atoms with Crippen molar-refractivity contribution in [1.29, 1.82) is 0 Å². The fraction of sp³-hybridized carbons (Fsp3) is 0.615. The minimum Gasteiger partial charge on any atom is -0.458 e. The van der Waals surface area contributed by atoms with Crippen molar-refractivity contribution in [3.05, 3.63) is 18.6 Å². The molecule has 1 unspecified atom stereocenters. The Balaban J connectivity index is 2.15. The molecule has 6 nitrogen and oxygen atoms in total. The van der Waals surface area contributed by atoms with Crippen LogP contribution in [0.4, 0.5) is 5.82 Å². The summed E-state index contributed by atoms with van der Waals surface area (Å²) in [6.07, 6.45) is 4.17. The monoisotopic (exact) mass is 263 g/mol. The topological polar surface area (TPSA) is 67.3 Å². The van der Waals surface area contributed by atoms with Gasteiger partial charge in [0.1, 0.15) is 17.5 Å². The maximum atomic E-state index is 12.2. The van der Waals surface area contributed by atoms with Crippen molar-refractivity contribution in [1.82, 2.24) is 15.3 Å². The van der Waals surface area contributed by atoms with Gasteiger partial charge in [0.05, 0.1) is 0 Å². The van der Waals surface area contributed by atoms with Crippen LogP contribution in [0, 0.1) is 6.33 Å². The maximum Gasteiger partial charge on any atom is 0.330 e. The minimum absolute atomic E-state index is 0.238. The normalized spacial score (nSPS) is 20.2. The number of nitrogens with zero attached hydrogens (tertiary/aromatic N) is 3. The molecule has 1 atom stereocenters. The second-order valence-corrected chi connectivity index (χ2v) is 5.46. The number of anilines is 1. The zero-order valence-corrected chi connectivity index (χ0v) is 11.5. The van der Waals surface area contributed by atoms with Crippen LogP contribution in [0.3, 0.4) is 0 Å². The average molecular weight is 263 g/mol. The Bertz CT molecular complexity index is 430. The molecule has 2 rings (SSSR count). The van der Waals surface area contributed by atoms with E-state index < -0.39 is 5.60 Å². The third-order valence-corrected chi connectivity index (χ3v) is 2.74. The number of ether oxygens (including phenoxy) is 1. The molecule has 103 valence electrons. The van der Waals surface area contributed by atoms with Crippen LogP contribution < -0.4 is 10.2 Å². The zero-order valence-electron chi connectivity index (χ0n) is 11.5. The molecule has 0 saturated carbocycles. The van der Waals surface area contributed by atoms with Crippen molar-refractivity contribution in [3.8, 4) is 0 Å². The number of aromatic nitrogens is 2. The highest BCUT2D eigenvalue weighted by atomic mass is 16.6. The molecule has 1 aliphatic rings. The van der Waals surface area contributed by atoms with Crippen LogP contribution in [-0.4, -0.2) is 47.2 Å². The molecule has 0 aromatic carbocycles. The van der Waals surface area contributed by atoms with Crippen molar-refractivity contribution >= 4 is 11.8 Å². The predicted molar refractivity (Wildman–Crippen MR) is 70.7 cm³/mol. The summed E-state index contributed by atoms with van der Waals surface area (Å²) in [4.78, 5) is 22.0. The van der Waals surface area contributed by atoms with Crippen molar-refractivity contribution in [2.45, 2.75) is 32.4 Å². The number of piperazine rings is 1. The van der Waals surface area contributed by atoms with E-state index in [1.54, 1.807) is 12.3 Å². The molecule has 0 aliphatic carbocycles. The Morgan fingerprint density at radius 3 is 3.00 bits per heavy atom. The lowest BCUT2D eigenvalue weighted by Crippen LogP contribution is -2.56. The van der Waals surface area contributed by atoms with Gasteiger partial charge in [0.25, 0.3) is 0 Å². The van der Waals surface area contributed by atoms with Crippen molar-refractivity contribution < 1.29 is 9.53 Å². The summed E-state index contributed by atoms with van der Waals surface area (Å²) in [5, 5.41) is 3.21. The van der Waals surface area contributed by atoms with E-state index in [0.29, 0.717) is 18.9 Å². The molecule has 1 aromatic heterocycles. The molecule has 2 heterocycles. The number of carbonyl (C=O) groups is 1. The van der Waals surface area contributed by atoms with Crippen molar-refractivity contribution in [3.63, 3.8) is 0 Å². The predicted octanol–water partition coefficient (Wildman–Crippen LogP) is 0.397. The average Bonchev–Trinajstić information content (AvgIpc) is 2.38. The second kappa shape index (κ2) is 5.52. The van der Waals surface area contributed by atoms with Crippen molar-refractivity contribution in [2.24, 2.45) is 0 Å². The van der Waals surface area contributed by atoms with Crippen LogP contribution in [-0.2, 0) is 9.53 Å². The number of nitrogens with one attached hydrogen (secondary N) is 1. The first-order valence-corrected chi connectivity index (χ1v) is 6.37. The highest BCUT2D eigenvalue weighted by molar-refractivity contribution is 5.80. The van der Waals surface area contributed by atoms with Gasteiger partial charge in [0, 0.05) is 25.8 Å². The van der Waals surface area contributed by atoms with E-state index in [4.69, 9.17) is 4.74 Å². The summed E-state index contributed by atoms with van der Waals surface area (Å²) in [5.74, 6) is 0.464. The summed E-state index contributed by atoms with van der Waals surface area (Å²) in [6, 6.07) is 1.41. The second-order valence-electron chi connectivity index (χ2n) is 5.46. The van der Waals surface area contributed by atoms with Crippen LogP contribution in [0.5, 0.6) is 0 Å². The molecule has 0 bridgehead atoms. The van der Waals surface area contributed by atoms with Gasteiger partial charge in [-0.3, -0.25) is 0 Å². The van der Waals surface area contributed by atoms with E-state index in [2.05, 4.69) is 21.6 Å². The molecular weight excluding hydrogens is 244 g/mol. The SMILES string of the molecule is CC(C)(C)OC(=O)C1CNCCN1c1ccn[c]n1. The molecule has 1 radical (unpaired) electrons. The van der Waals surface area contributed by atoms with Crippen LogP contribution in [0.2, 0.25) is 0 Å². The minimum atomic E-state index is -0.488. The molecule has 6 heteroatoms. The molecule has 0 amide bonds. The van der Waals surface area contributed by atoms with E-state index >= 15 is 0 Å². The van der Waals surface area contributed by atoms with Crippen LogP contribution >= 0.6 is 0 Å². The quantitative estimate of drug-likeness (QED) is 0.779. The Hall–Kier alpha value is -1.69. The lowest BCUT2D eigenvalue weighted by Gasteiger charge is -2.36. The van der Waals surface area contributed by atoms with E-state index in [1.807, 2.05) is 25.7 Å². The molecule has 0 spiro atoms. The van der Waals surface area contributed by atoms with Gasteiger partial charge in [-0.05, 0) is 26.8 Å². The number of esters is 1. The lowest BCUT2D eigenvalue weighted by molar-refractivity contribution is -0.156. The summed E-state index contributed by atoms with van der Waals surface area (Å²) in [5.41, 5.74) is -0.488. The van der Waals surface area contributed by atoms with Crippen molar-refractivity contribution in [2.75, 3.05) is 24.5 Å². The summed E-state index contributed by atoms with van der Waals surface area (Å²) in [7, 11) is 0. The Morgan fingerprint density at radius 2 is 2.37 bits per heavy atom. The maximum absolute atomic E-state index is 12.2. The Labute approximate surface area is 113 Å². The van der Waals surface area contributed by atoms with E-state index in [0.717, 1.165) is 6.54 Å². The number of rotatable bonds is 2. The molecule has 1 N–H and O–H groups in total. The van der Waals surface area contributed by atoms with Crippen LogP contribution in [0.1, 0.15) is 20.8 Å². The highest BCUT2D eigenvalue weighted by Crippen LogP contribution is 2.17. The summed E-state index contributed by atoms with van der Waals surface area (Å²) in [6.45, 7) is 7.66. The van der Waals surface area contributed by atoms with Crippen LogP contribution in [0.25, 0.3) is 0 Å². The fourth-order valence-electron chi connectivity index (χ4n) is 1.97. The summed E-state index contributed by atoms with van der Waals surface area (Å²) >= 11 is 0. The van der Waals surface area contributed by atoms with E-state index in [1.165, 1.54) is 0 Å². The first-order chi connectivity index (χ1) is 8.97. The molecule has 19 heavy (non-hydrogen) atoms. The third-order valence-electron chi connectivity index (χ3n) is 2.74. The van der Waals surface area contributed by atoms with E-state index in [-0.39, 0.29) is 12.0 Å². The first kappa shape index (κ1) is 13.7. The number of hydrogen-bond acceptors (Lipinski definition) is 6.